The van der Waals surface area contributed by atoms with E-state index in [0.717, 1.165) is 29.4 Å². The van der Waals surface area contributed by atoms with Gasteiger partial charge in [0.25, 0.3) is 0 Å². The zero-order valence-electron chi connectivity index (χ0n) is 13.2. The molecule has 0 spiro atoms. The van der Waals surface area contributed by atoms with Gasteiger partial charge in [0, 0.05) is 0 Å². The van der Waals surface area contributed by atoms with Gasteiger partial charge in [-0.25, -0.2) is 0 Å². The summed E-state index contributed by atoms with van der Waals surface area (Å²) in [6.45, 7) is 6.42. The zero-order valence-corrected chi connectivity index (χ0v) is 13.2. The number of aryl methyl sites for hydroxylation is 1. The first-order valence-electron chi connectivity index (χ1n) is 7.78. The zero-order chi connectivity index (χ0) is 15.7. The molecule has 0 amide bonds. The van der Waals surface area contributed by atoms with E-state index in [9.17, 15) is 5.11 Å². The number of rotatable bonds is 4. The van der Waals surface area contributed by atoms with Gasteiger partial charge in [-0.1, -0.05) is 45.4 Å². The molecular formula is C18H21N3O. The first-order valence-corrected chi connectivity index (χ1v) is 7.78. The lowest BCUT2D eigenvalue weighted by Gasteiger charge is -2.14. The molecule has 1 heterocycles. The summed E-state index contributed by atoms with van der Waals surface area (Å²) in [5.74, 6) is 0.673. The minimum Gasteiger partial charge on any atom is -0.505 e. The molecule has 22 heavy (non-hydrogen) atoms. The molecule has 3 aromatic rings. The maximum absolute atomic E-state index is 10.6. The van der Waals surface area contributed by atoms with Crippen LogP contribution in [0.25, 0.3) is 16.7 Å². The number of phenols is 1. The van der Waals surface area contributed by atoms with E-state index in [1.54, 1.807) is 4.80 Å². The summed E-state index contributed by atoms with van der Waals surface area (Å²) >= 11 is 0. The second-order valence-electron chi connectivity index (χ2n) is 5.93. The van der Waals surface area contributed by atoms with Gasteiger partial charge in [-0.2, -0.15) is 0 Å². The molecule has 0 aliphatic carbocycles. The highest BCUT2D eigenvalue weighted by molar-refractivity contribution is 5.73. The minimum atomic E-state index is 0.284. The second kappa shape index (κ2) is 5.79. The number of hydrogen-bond donors (Lipinski definition) is 1. The molecule has 0 radical (unpaired) electrons. The normalized spacial score (nSPS) is 11.5. The molecule has 0 fully saturated rings. The van der Waals surface area contributed by atoms with E-state index in [1.807, 2.05) is 30.3 Å². The number of hydrogen-bond acceptors (Lipinski definition) is 3. The topological polar surface area (TPSA) is 50.9 Å². The molecule has 4 nitrogen and oxygen atoms in total. The molecule has 0 bridgehead atoms. The third-order valence-electron chi connectivity index (χ3n) is 3.88. The van der Waals surface area contributed by atoms with Gasteiger partial charge >= 0.3 is 0 Å². The molecule has 4 heteroatoms. The van der Waals surface area contributed by atoms with Crippen LogP contribution >= 0.6 is 0 Å². The van der Waals surface area contributed by atoms with Crippen molar-refractivity contribution < 1.29 is 5.11 Å². The predicted molar refractivity (Wildman–Crippen MR) is 88.6 cm³/mol. The Kier molecular flexibility index (Phi) is 3.84. The average Bonchev–Trinajstić information content (AvgIpc) is 2.93. The van der Waals surface area contributed by atoms with Crippen LogP contribution < -0.4 is 0 Å². The molecule has 1 N–H and O–H groups in total. The van der Waals surface area contributed by atoms with Crippen molar-refractivity contribution in [3.05, 3.63) is 47.5 Å². The smallest absolute Gasteiger partial charge is 0.146 e. The Hall–Kier alpha value is -2.36. The summed E-state index contributed by atoms with van der Waals surface area (Å²) in [4.78, 5) is 1.55. The maximum atomic E-state index is 10.6. The van der Waals surface area contributed by atoms with Crippen LogP contribution in [0, 0.1) is 0 Å². The Bertz CT molecular complexity index is 772. The summed E-state index contributed by atoms with van der Waals surface area (Å²) < 4.78 is 0. The van der Waals surface area contributed by atoms with Gasteiger partial charge in [-0.15, -0.1) is 15.0 Å². The largest absolute Gasteiger partial charge is 0.505 e. The molecule has 0 saturated carbocycles. The van der Waals surface area contributed by atoms with Gasteiger partial charge in [0.2, 0.25) is 0 Å². The molecular weight excluding hydrogens is 274 g/mol. The Morgan fingerprint density at radius 2 is 1.73 bits per heavy atom. The average molecular weight is 295 g/mol. The fourth-order valence-corrected chi connectivity index (χ4v) is 2.62. The monoisotopic (exact) mass is 295 g/mol. The van der Waals surface area contributed by atoms with Crippen molar-refractivity contribution >= 4 is 11.0 Å². The summed E-state index contributed by atoms with van der Waals surface area (Å²) in [5.41, 5.74) is 4.47. The van der Waals surface area contributed by atoms with Gasteiger partial charge in [-0.3, -0.25) is 0 Å². The van der Waals surface area contributed by atoms with Crippen molar-refractivity contribution in [1.82, 2.24) is 15.0 Å². The van der Waals surface area contributed by atoms with Crippen molar-refractivity contribution in [3.63, 3.8) is 0 Å². The van der Waals surface area contributed by atoms with Crippen molar-refractivity contribution in [1.29, 1.82) is 0 Å². The van der Waals surface area contributed by atoms with Gasteiger partial charge in [0.05, 0.1) is 0 Å². The highest BCUT2D eigenvalue weighted by atomic mass is 16.3. The van der Waals surface area contributed by atoms with E-state index in [4.69, 9.17) is 0 Å². The fourth-order valence-electron chi connectivity index (χ4n) is 2.62. The lowest BCUT2D eigenvalue weighted by atomic mass is 9.97. The number of nitrogens with zero attached hydrogens (tertiary/aromatic N) is 3. The first kappa shape index (κ1) is 14.6. The molecule has 114 valence electrons. The Morgan fingerprint density at radius 1 is 1.09 bits per heavy atom. The lowest BCUT2D eigenvalue weighted by Crippen LogP contribution is -2.03. The van der Waals surface area contributed by atoms with Crippen LogP contribution in [0.1, 0.15) is 44.2 Å². The van der Waals surface area contributed by atoms with Crippen LogP contribution in [0.5, 0.6) is 5.75 Å². The lowest BCUT2D eigenvalue weighted by molar-refractivity contribution is 0.459. The number of fused-ring (bicyclic) bond motifs is 1. The molecule has 0 saturated heterocycles. The van der Waals surface area contributed by atoms with Crippen LogP contribution in [0.15, 0.2) is 36.4 Å². The SMILES string of the molecule is CCCc1cc(C(C)C)cc(-n2nc3ccccc3n2)c1O. The van der Waals surface area contributed by atoms with E-state index in [-0.39, 0.29) is 5.75 Å². The van der Waals surface area contributed by atoms with E-state index in [2.05, 4.69) is 37.0 Å². The third-order valence-corrected chi connectivity index (χ3v) is 3.88. The molecule has 0 atom stereocenters. The van der Waals surface area contributed by atoms with Crippen molar-refractivity contribution in [3.8, 4) is 11.4 Å². The quantitative estimate of drug-likeness (QED) is 0.784. The number of phenolic OH excluding ortho intramolecular Hbond substituents is 1. The molecule has 0 aliphatic rings. The summed E-state index contributed by atoms with van der Waals surface area (Å²) in [5, 5.41) is 19.6. The number of aromatic hydroxyl groups is 1. The van der Waals surface area contributed by atoms with Gasteiger partial charge < -0.3 is 5.11 Å². The molecule has 1 aromatic heterocycles. The van der Waals surface area contributed by atoms with E-state index in [1.165, 1.54) is 5.56 Å². The molecule has 0 unspecified atom stereocenters. The van der Waals surface area contributed by atoms with E-state index >= 15 is 0 Å². The Balaban J connectivity index is 2.19. The summed E-state index contributed by atoms with van der Waals surface area (Å²) in [6.07, 6.45) is 1.84. The van der Waals surface area contributed by atoms with Gasteiger partial charge in [0.15, 0.2) is 0 Å². The number of benzene rings is 2. The molecule has 3 rings (SSSR count). The highest BCUT2D eigenvalue weighted by Crippen LogP contribution is 2.31. The number of aromatic nitrogens is 3. The predicted octanol–water partition coefficient (Wildman–Crippen LogP) is 4.20. The molecule has 2 aromatic carbocycles. The Labute approximate surface area is 130 Å². The van der Waals surface area contributed by atoms with Crippen molar-refractivity contribution in [2.24, 2.45) is 0 Å². The van der Waals surface area contributed by atoms with Crippen LogP contribution in [0.3, 0.4) is 0 Å². The molecule has 0 aliphatic heterocycles. The van der Waals surface area contributed by atoms with E-state index in [0.29, 0.717) is 11.6 Å². The van der Waals surface area contributed by atoms with Gasteiger partial charge in [0.1, 0.15) is 22.5 Å². The maximum Gasteiger partial charge on any atom is 0.146 e. The minimum absolute atomic E-state index is 0.284. The fraction of sp³-hybridized carbons (Fsp3) is 0.333. The standard InChI is InChI=1S/C18H21N3O/c1-4-7-13-10-14(12(2)3)11-17(18(13)22)21-19-15-8-5-6-9-16(15)20-21/h5-6,8-12,22H,4,7H2,1-3H3. The van der Waals surface area contributed by atoms with E-state index < -0.39 is 0 Å². The summed E-state index contributed by atoms with van der Waals surface area (Å²) in [7, 11) is 0. The highest BCUT2D eigenvalue weighted by Gasteiger charge is 2.15. The van der Waals surface area contributed by atoms with Crippen LogP contribution in [0.2, 0.25) is 0 Å². The van der Waals surface area contributed by atoms with Crippen LogP contribution in [-0.2, 0) is 6.42 Å². The van der Waals surface area contributed by atoms with Crippen molar-refractivity contribution in [2.75, 3.05) is 0 Å². The van der Waals surface area contributed by atoms with Crippen LogP contribution in [0.4, 0.5) is 0 Å². The second-order valence-corrected chi connectivity index (χ2v) is 5.93. The Morgan fingerprint density at radius 3 is 2.27 bits per heavy atom. The first-order chi connectivity index (χ1) is 10.6. The van der Waals surface area contributed by atoms with Gasteiger partial charge in [-0.05, 0) is 41.7 Å². The van der Waals surface area contributed by atoms with Crippen molar-refractivity contribution in [2.45, 2.75) is 39.5 Å². The van der Waals surface area contributed by atoms with Crippen LogP contribution in [-0.4, -0.2) is 20.1 Å². The third kappa shape index (κ3) is 2.56. The summed E-state index contributed by atoms with van der Waals surface area (Å²) in [6, 6.07) is 11.8.